The van der Waals surface area contributed by atoms with Crippen LogP contribution >= 0.6 is 12.4 Å². The van der Waals surface area contributed by atoms with Gasteiger partial charge in [-0.2, -0.15) is 5.11 Å². The lowest BCUT2D eigenvalue weighted by Crippen LogP contribution is -1.99. The standard InChI is InChI=1S/C11H11N5.C6H12O2.ClH/c12-10-7-6-9(11(13)14-10)16-15-8-4-2-1-3-5-8;1-3-4-5-8-6(2)7;/h1-7H,(H4,12,13,14);3-5H2,1-2H3;1H/b16-15+;;. The molecule has 0 aliphatic heterocycles. The highest BCUT2D eigenvalue weighted by molar-refractivity contribution is 5.85. The van der Waals surface area contributed by atoms with E-state index in [2.05, 4.69) is 26.9 Å². The van der Waals surface area contributed by atoms with Crippen LogP contribution in [0.5, 0.6) is 0 Å². The van der Waals surface area contributed by atoms with E-state index in [1.54, 1.807) is 12.1 Å². The molecule has 0 fully saturated rings. The molecule has 0 saturated carbocycles. The van der Waals surface area contributed by atoms with Crippen molar-refractivity contribution in [1.82, 2.24) is 4.98 Å². The van der Waals surface area contributed by atoms with Crippen LogP contribution in [0, 0.1) is 0 Å². The number of azo groups is 1. The number of nitrogen functional groups attached to an aromatic ring is 2. The Morgan fingerprint density at radius 1 is 1.12 bits per heavy atom. The normalized spacial score (nSPS) is 9.68. The number of ether oxygens (including phenoxy) is 1. The summed E-state index contributed by atoms with van der Waals surface area (Å²) in [5.41, 5.74) is 12.4. The minimum atomic E-state index is -0.182. The molecule has 0 spiro atoms. The molecular weight excluding hydrogens is 342 g/mol. The van der Waals surface area contributed by atoms with Gasteiger partial charge >= 0.3 is 5.97 Å². The molecule has 136 valence electrons. The number of hydrogen-bond acceptors (Lipinski definition) is 7. The highest BCUT2D eigenvalue weighted by Gasteiger charge is 1.98. The predicted molar refractivity (Wildman–Crippen MR) is 102 cm³/mol. The highest BCUT2D eigenvalue weighted by atomic mass is 35.5. The molecule has 0 unspecified atom stereocenters. The van der Waals surface area contributed by atoms with E-state index < -0.39 is 0 Å². The molecule has 0 amide bonds. The van der Waals surface area contributed by atoms with E-state index in [9.17, 15) is 4.79 Å². The number of esters is 1. The average molecular weight is 366 g/mol. The molecule has 0 saturated heterocycles. The fourth-order valence-electron chi connectivity index (χ4n) is 1.53. The zero-order chi connectivity index (χ0) is 17.8. The Balaban J connectivity index is 0.000000552. The van der Waals surface area contributed by atoms with Gasteiger partial charge in [-0.15, -0.1) is 17.5 Å². The number of nitrogens with two attached hydrogens (primary N) is 2. The van der Waals surface area contributed by atoms with Gasteiger partial charge in [0.1, 0.15) is 11.5 Å². The summed E-state index contributed by atoms with van der Waals surface area (Å²) in [7, 11) is 0. The van der Waals surface area contributed by atoms with Crippen LogP contribution in [0.3, 0.4) is 0 Å². The second-order valence-corrected chi connectivity index (χ2v) is 4.87. The molecular formula is C17H24ClN5O2. The van der Waals surface area contributed by atoms with Crippen LogP contribution in [-0.4, -0.2) is 17.6 Å². The van der Waals surface area contributed by atoms with Crippen LogP contribution < -0.4 is 11.5 Å². The van der Waals surface area contributed by atoms with Crippen molar-refractivity contribution in [2.24, 2.45) is 10.2 Å². The summed E-state index contributed by atoms with van der Waals surface area (Å²) < 4.78 is 4.64. The van der Waals surface area contributed by atoms with Gasteiger partial charge in [-0.3, -0.25) is 4.79 Å². The lowest BCUT2D eigenvalue weighted by Gasteiger charge is -1.98. The Kier molecular flexibility index (Phi) is 11.4. The van der Waals surface area contributed by atoms with Gasteiger partial charge in [-0.1, -0.05) is 31.5 Å². The number of hydrogen-bond donors (Lipinski definition) is 2. The van der Waals surface area contributed by atoms with Crippen LogP contribution in [0.2, 0.25) is 0 Å². The van der Waals surface area contributed by atoms with E-state index >= 15 is 0 Å². The zero-order valence-corrected chi connectivity index (χ0v) is 15.2. The molecule has 0 radical (unpaired) electrons. The summed E-state index contributed by atoms with van der Waals surface area (Å²) in [6, 6.07) is 12.7. The van der Waals surface area contributed by atoms with Gasteiger partial charge in [-0.05, 0) is 30.7 Å². The van der Waals surface area contributed by atoms with Gasteiger partial charge in [0.25, 0.3) is 0 Å². The molecule has 2 aromatic rings. The van der Waals surface area contributed by atoms with Crippen molar-refractivity contribution in [3.8, 4) is 0 Å². The van der Waals surface area contributed by atoms with E-state index in [0.717, 1.165) is 18.5 Å². The maximum atomic E-state index is 10.1. The maximum Gasteiger partial charge on any atom is 0.302 e. The number of rotatable bonds is 5. The molecule has 0 atom stereocenters. The molecule has 0 aliphatic rings. The fourth-order valence-corrected chi connectivity index (χ4v) is 1.53. The fraction of sp³-hybridized carbons (Fsp3) is 0.294. The number of halogens is 1. The Bertz CT molecular complexity index is 665. The summed E-state index contributed by atoms with van der Waals surface area (Å²) in [5.74, 6) is 0.467. The van der Waals surface area contributed by atoms with Crippen LogP contribution in [0.4, 0.5) is 23.0 Å². The number of benzene rings is 1. The largest absolute Gasteiger partial charge is 0.466 e. The van der Waals surface area contributed by atoms with E-state index in [1.807, 2.05) is 30.3 Å². The number of nitrogens with zero attached hydrogens (tertiary/aromatic N) is 3. The van der Waals surface area contributed by atoms with Gasteiger partial charge in [0.15, 0.2) is 5.82 Å². The van der Waals surface area contributed by atoms with Crippen LogP contribution in [0.1, 0.15) is 26.7 Å². The lowest BCUT2D eigenvalue weighted by molar-refractivity contribution is -0.141. The van der Waals surface area contributed by atoms with Gasteiger partial charge < -0.3 is 16.2 Å². The quantitative estimate of drug-likeness (QED) is 0.461. The minimum absolute atomic E-state index is 0. The minimum Gasteiger partial charge on any atom is -0.466 e. The molecule has 8 heteroatoms. The van der Waals surface area contributed by atoms with Crippen LogP contribution in [0.15, 0.2) is 52.7 Å². The molecule has 1 heterocycles. The maximum absolute atomic E-state index is 10.1. The van der Waals surface area contributed by atoms with Gasteiger partial charge in [-0.25, -0.2) is 4.98 Å². The SMILES string of the molecule is CCCCOC(C)=O.Cl.Nc1ccc(/N=N/c2ccccc2)c(N)n1. The number of unbranched alkanes of at least 4 members (excludes halogenated alkanes) is 1. The van der Waals surface area contributed by atoms with E-state index in [4.69, 9.17) is 11.5 Å². The third kappa shape index (κ3) is 9.93. The molecule has 25 heavy (non-hydrogen) atoms. The number of carbonyl (C=O) groups is 1. The Morgan fingerprint density at radius 3 is 2.36 bits per heavy atom. The Labute approximate surface area is 153 Å². The first-order chi connectivity index (χ1) is 11.5. The van der Waals surface area contributed by atoms with Crippen molar-refractivity contribution < 1.29 is 9.53 Å². The third-order valence-electron chi connectivity index (χ3n) is 2.76. The van der Waals surface area contributed by atoms with Crippen molar-refractivity contribution in [2.75, 3.05) is 18.1 Å². The summed E-state index contributed by atoms with van der Waals surface area (Å²) >= 11 is 0. The molecule has 0 bridgehead atoms. The monoisotopic (exact) mass is 365 g/mol. The Morgan fingerprint density at radius 2 is 1.80 bits per heavy atom. The molecule has 7 nitrogen and oxygen atoms in total. The van der Waals surface area contributed by atoms with E-state index in [1.165, 1.54) is 6.92 Å². The third-order valence-corrected chi connectivity index (χ3v) is 2.76. The lowest BCUT2D eigenvalue weighted by atomic mass is 10.3. The number of anilines is 2. The van der Waals surface area contributed by atoms with Crippen molar-refractivity contribution in [3.05, 3.63) is 42.5 Å². The second kappa shape index (κ2) is 12.7. The van der Waals surface area contributed by atoms with Crippen molar-refractivity contribution in [1.29, 1.82) is 0 Å². The molecule has 0 aliphatic carbocycles. The van der Waals surface area contributed by atoms with E-state index in [0.29, 0.717) is 18.1 Å². The average Bonchev–Trinajstić information content (AvgIpc) is 2.56. The molecule has 4 N–H and O–H groups in total. The number of pyridine rings is 1. The first-order valence-corrected chi connectivity index (χ1v) is 7.65. The summed E-state index contributed by atoms with van der Waals surface area (Å²) in [6.07, 6.45) is 2.05. The summed E-state index contributed by atoms with van der Waals surface area (Å²) in [6.45, 7) is 4.06. The highest BCUT2D eigenvalue weighted by Crippen LogP contribution is 2.23. The first-order valence-electron chi connectivity index (χ1n) is 7.65. The smallest absolute Gasteiger partial charge is 0.302 e. The van der Waals surface area contributed by atoms with Crippen molar-refractivity contribution in [3.63, 3.8) is 0 Å². The van der Waals surface area contributed by atoms with Crippen LogP contribution in [-0.2, 0) is 9.53 Å². The molecule has 2 rings (SSSR count). The number of carbonyl (C=O) groups excluding carboxylic acids is 1. The van der Waals surface area contributed by atoms with Gasteiger partial charge in [0.05, 0.1) is 12.3 Å². The molecule has 1 aromatic heterocycles. The predicted octanol–water partition coefficient (Wildman–Crippen LogP) is 4.43. The van der Waals surface area contributed by atoms with Crippen molar-refractivity contribution in [2.45, 2.75) is 26.7 Å². The summed E-state index contributed by atoms with van der Waals surface area (Å²) in [5, 5.41) is 8.03. The zero-order valence-electron chi connectivity index (χ0n) is 14.4. The van der Waals surface area contributed by atoms with E-state index in [-0.39, 0.29) is 24.2 Å². The van der Waals surface area contributed by atoms with Gasteiger partial charge in [0, 0.05) is 6.92 Å². The van der Waals surface area contributed by atoms with Gasteiger partial charge in [0.2, 0.25) is 0 Å². The second-order valence-electron chi connectivity index (χ2n) is 4.87. The van der Waals surface area contributed by atoms with Crippen LogP contribution in [0.25, 0.3) is 0 Å². The topological polar surface area (TPSA) is 116 Å². The molecule has 1 aromatic carbocycles. The Hall–Kier alpha value is -2.67. The first kappa shape index (κ1) is 22.3. The summed E-state index contributed by atoms with van der Waals surface area (Å²) in [4.78, 5) is 14.0. The van der Waals surface area contributed by atoms with Crippen molar-refractivity contribution >= 4 is 41.4 Å². The number of aromatic nitrogens is 1.